The molecule has 0 aromatic heterocycles. The number of hydrogen-bond donors (Lipinski definition) is 1. The molecule has 0 saturated carbocycles. The third kappa shape index (κ3) is 7.44. The Morgan fingerprint density at radius 3 is 2.62 bits per heavy atom. The molecule has 0 radical (unpaired) electrons. The van der Waals surface area contributed by atoms with E-state index < -0.39 is 0 Å². The van der Waals surface area contributed by atoms with Crippen LogP contribution in [0.25, 0.3) is 0 Å². The first-order chi connectivity index (χ1) is 7.76. The molecule has 0 aliphatic carbocycles. The van der Waals surface area contributed by atoms with E-state index >= 15 is 0 Å². The minimum Gasteiger partial charge on any atom is -0.372 e. The Hall–Kier alpha value is -0.850. The van der Waals surface area contributed by atoms with Crippen LogP contribution in [0.4, 0.5) is 0 Å². The lowest BCUT2D eigenvalue weighted by molar-refractivity contribution is 0.302. The average molecular weight is 238 g/mol. The number of allylic oxidation sites excluding steroid dienone is 1. The zero-order valence-electron chi connectivity index (χ0n) is 10.3. The first-order valence-corrected chi connectivity index (χ1v) is 6.54. The lowest BCUT2D eigenvalue weighted by Gasteiger charge is -2.30. The lowest BCUT2D eigenvalue weighted by atomic mass is 10.3. The highest BCUT2D eigenvalue weighted by atomic mass is 32.2. The fraction of sp³-hybridized carbons (Fsp3) is 0.538. The summed E-state index contributed by atoms with van der Waals surface area (Å²) in [5.41, 5.74) is 1.25. The van der Waals surface area contributed by atoms with Crippen molar-refractivity contribution in [2.75, 3.05) is 31.9 Å². The van der Waals surface area contributed by atoms with Crippen molar-refractivity contribution in [3.63, 3.8) is 0 Å². The molecule has 1 aliphatic rings. The third-order valence-electron chi connectivity index (χ3n) is 2.05. The number of hydrogen-bond acceptors (Lipinski definition) is 3. The first kappa shape index (κ1) is 15.2. The maximum Gasteiger partial charge on any atom is 0.0370 e. The monoisotopic (exact) mass is 238 g/mol. The highest BCUT2D eigenvalue weighted by Crippen LogP contribution is 2.12. The maximum atomic E-state index is 4.60. The summed E-state index contributed by atoms with van der Waals surface area (Å²) in [6.07, 6.45) is 6.66. The molecule has 1 fully saturated rings. The summed E-state index contributed by atoms with van der Waals surface area (Å²) in [5, 5.41) is 5.45. The van der Waals surface area contributed by atoms with Gasteiger partial charge < -0.3 is 10.2 Å². The minimum absolute atomic E-state index is 1.02. The van der Waals surface area contributed by atoms with E-state index in [-0.39, 0.29) is 0 Å². The SMILES string of the molecule is C#CC.C=C(CS/C=C\C)N1CCNCC1. The molecule has 0 spiro atoms. The molecule has 0 bridgehead atoms. The van der Waals surface area contributed by atoms with Crippen LogP contribution >= 0.6 is 11.8 Å². The molecule has 0 atom stereocenters. The van der Waals surface area contributed by atoms with Crippen LogP contribution in [0.15, 0.2) is 23.8 Å². The van der Waals surface area contributed by atoms with Crippen molar-refractivity contribution in [3.05, 3.63) is 23.8 Å². The van der Waals surface area contributed by atoms with Crippen LogP contribution < -0.4 is 5.32 Å². The van der Waals surface area contributed by atoms with Crippen LogP contribution in [0.3, 0.4) is 0 Å². The van der Waals surface area contributed by atoms with E-state index in [0.29, 0.717) is 0 Å². The molecule has 1 rings (SSSR count). The number of nitrogens with one attached hydrogen (secondary N) is 1. The Bertz CT molecular complexity index is 247. The molecule has 0 amide bonds. The van der Waals surface area contributed by atoms with Crippen molar-refractivity contribution >= 4 is 11.8 Å². The second-order valence-corrected chi connectivity index (χ2v) is 4.27. The molecular weight excluding hydrogens is 216 g/mol. The fourth-order valence-electron chi connectivity index (χ4n) is 1.31. The van der Waals surface area contributed by atoms with Gasteiger partial charge in [0.2, 0.25) is 0 Å². The first-order valence-electron chi connectivity index (χ1n) is 5.49. The summed E-state index contributed by atoms with van der Waals surface area (Å²) in [6.45, 7) is 12.2. The third-order valence-corrected chi connectivity index (χ3v) is 3.01. The molecular formula is C13H22N2S. The van der Waals surface area contributed by atoms with Gasteiger partial charge in [0.1, 0.15) is 0 Å². The van der Waals surface area contributed by atoms with E-state index in [9.17, 15) is 0 Å². The predicted molar refractivity (Wildman–Crippen MR) is 75.4 cm³/mol. The van der Waals surface area contributed by atoms with Gasteiger partial charge in [0.05, 0.1) is 0 Å². The van der Waals surface area contributed by atoms with E-state index in [0.717, 1.165) is 31.9 Å². The summed E-state index contributed by atoms with van der Waals surface area (Å²) in [6, 6.07) is 0. The molecule has 1 saturated heterocycles. The Balaban J connectivity index is 0.000000673. The number of nitrogens with zero attached hydrogens (tertiary/aromatic N) is 1. The van der Waals surface area contributed by atoms with Crippen LogP contribution in [0.5, 0.6) is 0 Å². The van der Waals surface area contributed by atoms with E-state index in [1.807, 2.05) is 18.7 Å². The van der Waals surface area contributed by atoms with E-state index in [2.05, 4.69) is 40.6 Å². The van der Waals surface area contributed by atoms with Gasteiger partial charge in [-0.05, 0) is 19.3 Å². The van der Waals surface area contributed by atoms with Crippen LogP contribution in [-0.4, -0.2) is 36.8 Å². The van der Waals surface area contributed by atoms with Crippen molar-refractivity contribution in [3.8, 4) is 12.3 Å². The topological polar surface area (TPSA) is 15.3 Å². The number of piperazine rings is 1. The van der Waals surface area contributed by atoms with Gasteiger partial charge in [-0.15, -0.1) is 24.1 Å². The van der Waals surface area contributed by atoms with Crippen LogP contribution in [0, 0.1) is 12.3 Å². The molecule has 3 heteroatoms. The van der Waals surface area contributed by atoms with Gasteiger partial charge in [-0.3, -0.25) is 0 Å². The van der Waals surface area contributed by atoms with Gasteiger partial charge in [0.15, 0.2) is 0 Å². The van der Waals surface area contributed by atoms with Crippen LogP contribution in [0.1, 0.15) is 13.8 Å². The predicted octanol–water partition coefficient (Wildman–Crippen LogP) is 2.31. The summed E-state index contributed by atoms with van der Waals surface area (Å²) in [4.78, 5) is 2.37. The standard InChI is InChI=1S/C10H18N2S.C3H4/c1-3-8-13-9-10(2)12-6-4-11-5-7-12;1-3-2/h3,8,11H,2,4-7,9H2,1H3;1H,2H3/b8-3-;. The summed E-state index contributed by atoms with van der Waals surface area (Å²) >= 11 is 1.81. The number of terminal acetylenes is 1. The van der Waals surface area contributed by atoms with E-state index in [4.69, 9.17) is 0 Å². The van der Waals surface area contributed by atoms with Crippen molar-refractivity contribution in [2.45, 2.75) is 13.8 Å². The van der Waals surface area contributed by atoms with Crippen molar-refractivity contribution < 1.29 is 0 Å². The quantitative estimate of drug-likeness (QED) is 0.757. The Morgan fingerprint density at radius 1 is 1.56 bits per heavy atom. The molecule has 2 nitrogen and oxygen atoms in total. The molecule has 1 N–H and O–H groups in total. The fourth-order valence-corrected chi connectivity index (χ4v) is 1.98. The average Bonchev–Trinajstić information content (AvgIpc) is 2.31. The minimum atomic E-state index is 1.02. The largest absolute Gasteiger partial charge is 0.372 e. The Kier molecular flexibility index (Phi) is 10.1. The maximum absolute atomic E-state index is 4.60. The molecule has 16 heavy (non-hydrogen) atoms. The van der Waals surface area contributed by atoms with Crippen molar-refractivity contribution in [1.29, 1.82) is 0 Å². The van der Waals surface area contributed by atoms with Crippen LogP contribution in [0.2, 0.25) is 0 Å². The summed E-state index contributed by atoms with van der Waals surface area (Å²) < 4.78 is 0. The zero-order chi connectivity index (χ0) is 12.2. The highest BCUT2D eigenvalue weighted by molar-refractivity contribution is 8.02. The van der Waals surface area contributed by atoms with Gasteiger partial charge in [0, 0.05) is 37.6 Å². The molecule has 0 aromatic rings. The highest BCUT2D eigenvalue weighted by Gasteiger charge is 2.10. The van der Waals surface area contributed by atoms with Gasteiger partial charge in [-0.1, -0.05) is 12.7 Å². The van der Waals surface area contributed by atoms with Gasteiger partial charge >= 0.3 is 0 Å². The number of thioether (sulfide) groups is 1. The molecule has 1 aliphatic heterocycles. The van der Waals surface area contributed by atoms with Crippen molar-refractivity contribution in [1.82, 2.24) is 10.2 Å². The van der Waals surface area contributed by atoms with Gasteiger partial charge in [0.25, 0.3) is 0 Å². The molecule has 90 valence electrons. The molecule has 0 unspecified atom stereocenters. The van der Waals surface area contributed by atoms with Gasteiger partial charge in [-0.25, -0.2) is 0 Å². The van der Waals surface area contributed by atoms with Gasteiger partial charge in [-0.2, -0.15) is 0 Å². The van der Waals surface area contributed by atoms with E-state index in [1.165, 1.54) is 5.70 Å². The van der Waals surface area contributed by atoms with E-state index in [1.54, 1.807) is 6.92 Å². The summed E-state index contributed by atoms with van der Waals surface area (Å²) in [5.74, 6) is 3.27. The van der Waals surface area contributed by atoms with Crippen molar-refractivity contribution in [2.24, 2.45) is 0 Å². The van der Waals surface area contributed by atoms with Crippen LogP contribution in [-0.2, 0) is 0 Å². The molecule has 1 heterocycles. The zero-order valence-corrected chi connectivity index (χ0v) is 11.1. The lowest BCUT2D eigenvalue weighted by Crippen LogP contribution is -2.43. The normalized spacial score (nSPS) is 15.2. The molecule has 0 aromatic carbocycles. The Labute approximate surface area is 104 Å². The number of rotatable bonds is 4. The second-order valence-electron chi connectivity index (χ2n) is 3.37. The smallest absolute Gasteiger partial charge is 0.0370 e. The Morgan fingerprint density at radius 2 is 2.12 bits per heavy atom. The second kappa shape index (κ2) is 10.7. The summed E-state index contributed by atoms with van der Waals surface area (Å²) in [7, 11) is 0.